The van der Waals surface area contributed by atoms with Crippen molar-refractivity contribution >= 4 is 33.3 Å². The molecule has 4 rings (SSSR count). The minimum atomic E-state index is 0.00242. The van der Waals surface area contributed by atoms with Gasteiger partial charge in [-0.1, -0.05) is 22.0 Å². The van der Waals surface area contributed by atoms with Gasteiger partial charge in [0.25, 0.3) is 0 Å². The number of hydrogen-bond acceptors (Lipinski definition) is 6. The summed E-state index contributed by atoms with van der Waals surface area (Å²) in [5, 5.41) is 15.5. The summed E-state index contributed by atoms with van der Waals surface area (Å²) in [6.45, 7) is 1.54. The number of hydrogen-bond donors (Lipinski definition) is 1. The van der Waals surface area contributed by atoms with Crippen molar-refractivity contribution in [1.82, 2.24) is 25.0 Å². The Labute approximate surface area is 164 Å². The zero-order chi connectivity index (χ0) is 18.6. The van der Waals surface area contributed by atoms with E-state index in [0.29, 0.717) is 5.82 Å². The third kappa shape index (κ3) is 4.13. The molecule has 3 heterocycles. The van der Waals surface area contributed by atoms with Crippen LogP contribution in [0.2, 0.25) is 0 Å². The first-order valence-corrected chi connectivity index (χ1v) is 9.48. The molecule has 0 aliphatic carbocycles. The topological polar surface area (TPSA) is 88.8 Å². The number of piperidine rings is 1. The maximum absolute atomic E-state index is 12.5. The van der Waals surface area contributed by atoms with Gasteiger partial charge in [0.15, 0.2) is 11.6 Å². The van der Waals surface area contributed by atoms with Gasteiger partial charge in [-0.3, -0.25) is 4.79 Å². The molecule has 9 heteroatoms. The third-order valence-corrected chi connectivity index (χ3v) is 5.07. The van der Waals surface area contributed by atoms with Crippen LogP contribution in [-0.4, -0.2) is 44.0 Å². The highest BCUT2D eigenvalue weighted by atomic mass is 79.9. The molecule has 0 saturated carbocycles. The Morgan fingerprint density at radius 1 is 1.11 bits per heavy atom. The summed E-state index contributed by atoms with van der Waals surface area (Å²) in [7, 11) is 0. The Hall–Kier alpha value is -2.81. The molecule has 0 spiro atoms. The molecular formula is C18H18BrN7O. The molecule has 138 valence electrons. The van der Waals surface area contributed by atoms with Crippen LogP contribution in [-0.2, 0) is 4.79 Å². The number of nitrogens with one attached hydrogen (secondary N) is 1. The molecule has 1 fully saturated rings. The predicted molar refractivity (Wildman–Crippen MR) is 105 cm³/mol. The average Bonchev–Trinajstić information content (AvgIpc) is 3.23. The van der Waals surface area contributed by atoms with E-state index in [0.717, 1.165) is 41.9 Å². The second-order valence-electron chi connectivity index (χ2n) is 6.35. The van der Waals surface area contributed by atoms with Gasteiger partial charge in [-0.15, -0.1) is 10.2 Å². The van der Waals surface area contributed by atoms with E-state index in [9.17, 15) is 4.79 Å². The van der Waals surface area contributed by atoms with E-state index in [1.165, 1.54) is 6.33 Å². The van der Waals surface area contributed by atoms with Gasteiger partial charge in [0.1, 0.15) is 12.7 Å². The summed E-state index contributed by atoms with van der Waals surface area (Å²) < 4.78 is 2.51. The summed E-state index contributed by atoms with van der Waals surface area (Å²) in [4.78, 5) is 18.6. The normalized spacial score (nSPS) is 14.9. The van der Waals surface area contributed by atoms with Gasteiger partial charge >= 0.3 is 0 Å². The molecule has 1 aliphatic heterocycles. The van der Waals surface area contributed by atoms with Crippen molar-refractivity contribution in [2.75, 3.05) is 23.3 Å². The molecule has 27 heavy (non-hydrogen) atoms. The fourth-order valence-corrected chi connectivity index (χ4v) is 3.52. The third-order valence-electron chi connectivity index (χ3n) is 4.57. The van der Waals surface area contributed by atoms with Gasteiger partial charge < -0.3 is 10.2 Å². The highest BCUT2D eigenvalue weighted by Gasteiger charge is 2.26. The second kappa shape index (κ2) is 7.83. The van der Waals surface area contributed by atoms with Crippen molar-refractivity contribution in [3.05, 3.63) is 53.5 Å². The summed E-state index contributed by atoms with van der Waals surface area (Å²) in [6, 6.07) is 11.4. The van der Waals surface area contributed by atoms with Gasteiger partial charge in [0.05, 0.1) is 0 Å². The number of halogens is 1. The zero-order valence-corrected chi connectivity index (χ0v) is 16.1. The molecule has 0 radical (unpaired) electrons. The molecule has 1 N–H and O–H groups in total. The summed E-state index contributed by atoms with van der Waals surface area (Å²) in [6.07, 6.45) is 4.61. The van der Waals surface area contributed by atoms with Crippen molar-refractivity contribution < 1.29 is 4.79 Å². The van der Waals surface area contributed by atoms with Crippen LogP contribution < -0.4 is 10.2 Å². The molecule has 1 amide bonds. The first-order valence-electron chi connectivity index (χ1n) is 8.69. The largest absolute Gasteiger partial charge is 0.355 e. The Morgan fingerprint density at radius 3 is 2.56 bits per heavy atom. The lowest BCUT2D eigenvalue weighted by molar-refractivity contribution is -0.120. The van der Waals surface area contributed by atoms with Crippen molar-refractivity contribution in [3.63, 3.8) is 0 Å². The van der Waals surface area contributed by atoms with Crippen molar-refractivity contribution in [3.8, 4) is 5.82 Å². The zero-order valence-electron chi connectivity index (χ0n) is 14.5. The van der Waals surface area contributed by atoms with Crippen LogP contribution in [0.4, 0.5) is 11.5 Å². The molecule has 2 aromatic heterocycles. The molecule has 0 atom stereocenters. The van der Waals surface area contributed by atoms with Gasteiger partial charge in [-0.05, 0) is 43.2 Å². The van der Waals surface area contributed by atoms with E-state index in [4.69, 9.17) is 0 Å². The van der Waals surface area contributed by atoms with E-state index >= 15 is 0 Å². The summed E-state index contributed by atoms with van der Waals surface area (Å²) in [5.74, 6) is 1.51. The molecule has 1 aliphatic rings. The number of benzene rings is 1. The Bertz CT molecular complexity index is 906. The number of amides is 1. The van der Waals surface area contributed by atoms with Crippen LogP contribution in [0.25, 0.3) is 5.82 Å². The summed E-state index contributed by atoms with van der Waals surface area (Å²) in [5.41, 5.74) is 0.811. The Morgan fingerprint density at radius 2 is 1.89 bits per heavy atom. The number of aromatic nitrogens is 5. The van der Waals surface area contributed by atoms with Crippen molar-refractivity contribution in [2.45, 2.75) is 12.8 Å². The van der Waals surface area contributed by atoms with Gasteiger partial charge in [-0.2, -0.15) is 5.10 Å². The maximum atomic E-state index is 12.5. The van der Waals surface area contributed by atoms with E-state index in [1.54, 1.807) is 11.0 Å². The van der Waals surface area contributed by atoms with Crippen LogP contribution in [0.1, 0.15) is 12.8 Å². The van der Waals surface area contributed by atoms with E-state index < -0.39 is 0 Å². The van der Waals surface area contributed by atoms with E-state index in [1.807, 2.05) is 36.4 Å². The SMILES string of the molecule is O=C(Nc1cccc(Br)c1)C1CCN(c2ccc(-n3cncn3)nn2)CC1. The summed E-state index contributed by atoms with van der Waals surface area (Å²) >= 11 is 3.42. The lowest BCUT2D eigenvalue weighted by Gasteiger charge is -2.31. The highest BCUT2D eigenvalue weighted by Crippen LogP contribution is 2.24. The fraction of sp³-hybridized carbons (Fsp3) is 0.278. The molecule has 1 saturated heterocycles. The Balaban J connectivity index is 1.34. The second-order valence-corrected chi connectivity index (χ2v) is 7.27. The van der Waals surface area contributed by atoms with Gasteiger partial charge in [0, 0.05) is 29.2 Å². The van der Waals surface area contributed by atoms with Crippen LogP contribution in [0.3, 0.4) is 0 Å². The maximum Gasteiger partial charge on any atom is 0.227 e. The van der Waals surface area contributed by atoms with Gasteiger partial charge in [-0.25, -0.2) is 9.67 Å². The number of rotatable bonds is 4. The van der Waals surface area contributed by atoms with E-state index in [2.05, 4.69) is 46.4 Å². The Kier molecular flexibility index (Phi) is 5.10. The van der Waals surface area contributed by atoms with Gasteiger partial charge in [0.2, 0.25) is 5.91 Å². The molecular weight excluding hydrogens is 410 g/mol. The van der Waals surface area contributed by atoms with E-state index in [-0.39, 0.29) is 11.8 Å². The first kappa shape index (κ1) is 17.6. The number of carbonyl (C=O) groups is 1. The lowest BCUT2D eigenvalue weighted by atomic mass is 9.96. The van der Waals surface area contributed by atoms with Crippen LogP contribution in [0.5, 0.6) is 0 Å². The molecule has 3 aromatic rings. The number of nitrogens with zero attached hydrogens (tertiary/aromatic N) is 6. The predicted octanol–water partition coefficient (Wildman–Crippen LogP) is 2.67. The quantitative estimate of drug-likeness (QED) is 0.688. The van der Waals surface area contributed by atoms with Crippen LogP contribution in [0, 0.1) is 5.92 Å². The number of anilines is 2. The van der Waals surface area contributed by atoms with Crippen molar-refractivity contribution in [2.24, 2.45) is 5.92 Å². The standard InChI is InChI=1S/C18H18BrN7O/c19-14-2-1-3-15(10-14)22-18(27)13-6-8-25(9-7-13)16-4-5-17(24-23-16)26-12-20-11-21-26/h1-5,10-13H,6-9H2,(H,22,27). The van der Waals surface area contributed by atoms with Crippen molar-refractivity contribution in [1.29, 1.82) is 0 Å². The monoisotopic (exact) mass is 427 g/mol. The minimum absolute atomic E-state index is 0.00242. The molecule has 1 aromatic carbocycles. The van der Waals surface area contributed by atoms with Crippen LogP contribution in [0.15, 0.2) is 53.5 Å². The molecule has 0 bridgehead atoms. The van der Waals surface area contributed by atoms with Crippen LogP contribution >= 0.6 is 15.9 Å². The average molecular weight is 428 g/mol. The minimum Gasteiger partial charge on any atom is -0.355 e. The highest BCUT2D eigenvalue weighted by molar-refractivity contribution is 9.10. The fourth-order valence-electron chi connectivity index (χ4n) is 3.12. The first-order chi connectivity index (χ1) is 13.2. The lowest BCUT2D eigenvalue weighted by Crippen LogP contribution is -2.38. The number of carbonyl (C=O) groups excluding carboxylic acids is 1. The molecule has 0 unspecified atom stereocenters. The molecule has 8 nitrogen and oxygen atoms in total. The smallest absolute Gasteiger partial charge is 0.227 e.